The van der Waals surface area contributed by atoms with E-state index in [1.54, 1.807) is 20.8 Å². The lowest BCUT2D eigenvalue weighted by molar-refractivity contribution is -0.137. The van der Waals surface area contributed by atoms with Gasteiger partial charge in [0.2, 0.25) is 0 Å². The van der Waals surface area contributed by atoms with Gasteiger partial charge in [-0.3, -0.25) is 14.9 Å². The highest BCUT2D eigenvalue weighted by Crippen LogP contribution is 2.34. The summed E-state index contributed by atoms with van der Waals surface area (Å²) >= 11 is 0. The number of carbonyl (C=O) groups excluding carboxylic acids is 2. The Morgan fingerprint density at radius 3 is 2.46 bits per heavy atom. The number of nitrogens with zero attached hydrogens (tertiary/aromatic N) is 3. The molecule has 0 radical (unpaired) electrons. The number of benzene rings is 2. The zero-order chi connectivity index (χ0) is 29.0. The molecule has 0 bridgehead atoms. The Hall–Kier alpha value is -4.28. The molecule has 8 nitrogen and oxygen atoms in total. The van der Waals surface area contributed by atoms with Crippen LogP contribution in [0.3, 0.4) is 0 Å². The molecule has 39 heavy (non-hydrogen) atoms. The van der Waals surface area contributed by atoms with Crippen LogP contribution in [0.25, 0.3) is 0 Å². The number of aryl methyl sites for hydroxylation is 2. The smallest absolute Gasteiger partial charge is 0.429 e. The van der Waals surface area contributed by atoms with Crippen LogP contribution in [-0.4, -0.2) is 33.4 Å². The van der Waals surface area contributed by atoms with E-state index in [2.05, 4.69) is 17.1 Å². The van der Waals surface area contributed by atoms with Gasteiger partial charge in [0.25, 0.3) is 5.91 Å². The lowest BCUT2D eigenvalue weighted by atomic mass is 10.1. The molecule has 1 aromatic heterocycles. The summed E-state index contributed by atoms with van der Waals surface area (Å²) < 4.78 is 51.9. The minimum atomic E-state index is -4.57. The molecule has 1 heterocycles. The van der Waals surface area contributed by atoms with E-state index < -0.39 is 29.3 Å². The van der Waals surface area contributed by atoms with Crippen molar-refractivity contribution in [3.63, 3.8) is 0 Å². The van der Waals surface area contributed by atoms with Crippen LogP contribution in [0, 0.1) is 13.8 Å². The molecule has 208 valence electrons. The minimum Gasteiger partial charge on any atom is -0.453 e. The van der Waals surface area contributed by atoms with Crippen LogP contribution in [0.4, 0.5) is 18.0 Å². The highest BCUT2D eigenvalue weighted by atomic mass is 19.4. The second-order valence-corrected chi connectivity index (χ2v) is 9.89. The average molecular weight is 545 g/mol. The summed E-state index contributed by atoms with van der Waals surface area (Å²) in [5.74, 6) is -0.998. The summed E-state index contributed by atoms with van der Waals surface area (Å²) in [5.41, 5.74) is 3.54. The Kier molecular flexibility index (Phi) is 8.73. The zero-order valence-electron chi connectivity index (χ0n) is 22.4. The molecule has 2 aromatic carbocycles. The van der Waals surface area contributed by atoms with Gasteiger partial charge in [-0.2, -0.15) is 18.3 Å². The van der Waals surface area contributed by atoms with E-state index in [0.29, 0.717) is 0 Å². The fourth-order valence-electron chi connectivity index (χ4n) is 3.71. The van der Waals surface area contributed by atoms with Crippen molar-refractivity contribution < 1.29 is 32.2 Å². The van der Waals surface area contributed by atoms with Crippen molar-refractivity contribution in [1.29, 1.82) is 0 Å². The lowest BCUT2D eigenvalue weighted by Gasteiger charge is -2.26. The second-order valence-electron chi connectivity index (χ2n) is 9.89. The van der Waals surface area contributed by atoms with Gasteiger partial charge in [-0.05, 0) is 63.9 Å². The third kappa shape index (κ3) is 7.40. The maximum Gasteiger partial charge on any atom is 0.429 e. The first-order valence-electron chi connectivity index (χ1n) is 12.1. The number of aromatic nitrogens is 2. The number of halogens is 3. The molecule has 0 fully saturated rings. The van der Waals surface area contributed by atoms with Crippen molar-refractivity contribution in [3.05, 3.63) is 89.3 Å². The van der Waals surface area contributed by atoms with Gasteiger partial charge >= 0.3 is 12.3 Å². The number of carbonyl (C=O) groups is 2. The second kappa shape index (κ2) is 11.6. The van der Waals surface area contributed by atoms with Crippen LogP contribution in [0.1, 0.15) is 53.5 Å². The van der Waals surface area contributed by atoms with Crippen LogP contribution in [-0.2, 0) is 23.0 Å². The van der Waals surface area contributed by atoms with E-state index >= 15 is 0 Å². The van der Waals surface area contributed by atoms with Gasteiger partial charge in [0.05, 0.1) is 23.8 Å². The Labute approximate surface area is 225 Å². The van der Waals surface area contributed by atoms with Crippen molar-refractivity contribution in [1.82, 2.24) is 20.2 Å². The molecule has 0 unspecified atom stereocenters. The molecule has 0 spiro atoms. The molecule has 0 saturated heterocycles. The first-order valence-corrected chi connectivity index (χ1v) is 12.1. The van der Waals surface area contributed by atoms with Crippen LogP contribution in [0.5, 0.6) is 11.5 Å². The zero-order valence-corrected chi connectivity index (χ0v) is 22.4. The number of nitrogens with one attached hydrogen (secondary N) is 1. The first-order chi connectivity index (χ1) is 18.2. The molecule has 0 aliphatic rings. The summed E-state index contributed by atoms with van der Waals surface area (Å²) in [6.45, 7) is 12.6. The normalized spacial score (nSPS) is 11.6. The molecule has 2 amide bonds. The average Bonchev–Trinajstić information content (AvgIpc) is 3.27. The number of hydrogen-bond donors (Lipinski definition) is 1. The van der Waals surface area contributed by atoms with Crippen LogP contribution >= 0.6 is 0 Å². The SMILES string of the molecule is C=CCOC(=O)N(Cc1ccc(C)cc1C)NC(=O)c1c(Oc2cccc(C(F)(F)F)c2)cnn1C(C)(C)C. The first kappa shape index (κ1) is 29.3. The van der Waals surface area contributed by atoms with Crippen molar-refractivity contribution >= 4 is 12.0 Å². The molecular formula is C28H31F3N4O4. The molecular weight excluding hydrogens is 513 g/mol. The van der Waals surface area contributed by atoms with Crippen molar-refractivity contribution in [2.45, 2.75) is 52.9 Å². The Bertz CT molecular complexity index is 1360. The highest BCUT2D eigenvalue weighted by molar-refractivity contribution is 5.96. The number of alkyl halides is 3. The number of amides is 2. The summed E-state index contributed by atoms with van der Waals surface area (Å²) in [6.07, 6.45) is -2.77. The van der Waals surface area contributed by atoms with Crippen molar-refractivity contribution in [2.24, 2.45) is 0 Å². The fraction of sp³-hybridized carbons (Fsp3) is 0.321. The Morgan fingerprint density at radius 2 is 1.85 bits per heavy atom. The number of hydrazine groups is 1. The molecule has 0 saturated carbocycles. The van der Waals surface area contributed by atoms with Crippen LogP contribution < -0.4 is 10.2 Å². The van der Waals surface area contributed by atoms with Crippen molar-refractivity contribution in [2.75, 3.05) is 6.61 Å². The minimum absolute atomic E-state index is 0.0126. The third-order valence-corrected chi connectivity index (χ3v) is 5.58. The molecule has 11 heteroatoms. The topological polar surface area (TPSA) is 85.7 Å². The van der Waals surface area contributed by atoms with Gasteiger partial charge in [-0.25, -0.2) is 9.80 Å². The van der Waals surface area contributed by atoms with Gasteiger partial charge in [0, 0.05) is 0 Å². The number of hydrogen-bond acceptors (Lipinski definition) is 5. The van der Waals surface area contributed by atoms with E-state index in [0.717, 1.165) is 33.8 Å². The summed E-state index contributed by atoms with van der Waals surface area (Å²) in [6, 6.07) is 9.95. The van der Waals surface area contributed by atoms with Crippen molar-refractivity contribution in [3.8, 4) is 11.5 Å². The quantitative estimate of drug-likeness (QED) is 0.270. The maximum absolute atomic E-state index is 13.6. The fourth-order valence-corrected chi connectivity index (χ4v) is 3.71. The van der Waals surface area contributed by atoms with E-state index in [1.807, 2.05) is 32.0 Å². The van der Waals surface area contributed by atoms with Crippen LogP contribution in [0.2, 0.25) is 0 Å². The highest BCUT2D eigenvalue weighted by Gasteiger charge is 2.32. The molecule has 3 aromatic rings. The van der Waals surface area contributed by atoms with Crippen LogP contribution in [0.15, 0.2) is 61.3 Å². The maximum atomic E-state index is 13.6. The largest absolute Gasteiger partial charge is 0.453 e. The number of ether oxygens (including phenoxy) is 2. The van der Waals surface area contributed by atoms with Gasteiger partial charge < -0.3 is 9.47 Å². The van der Waals surface area contributed by atoms with E-state index in [-0.39, 0.29) is 30.3 Å². The molecule has 1 N–H and O–H groups in total. The van der Waals surface area contributed by atoms with E-state index in [9.17, 15) is 22.8 Å². The molecule has 0 aliphatic heterocycles. The van der Waals surface area contributed by atoms with Gasteiger partial charge in [0.15, 0.2) is 11.4 Å². The lowest BCUT2D eigenvalue weighted by Crippen LogP contribution is -2.47. The molecule has 3 rings (SSSR count). The van der Waals surface area contributed by atoms with E-state index in [1.165, 1.54) is 29.1 Å². The summed E-state index contributed by atoms with van der Waals surface area (Å²) in [7, 11) is 0. The summed E-state index contributed by atoms with van der Waals surface area (Å²) in [5, 5.41) is 5.26. The third-order valence-electron chi connectivity index (χ3n) is 5.58. The Morgan fingerprint density at radius 1 is 1.13 bits per heavy atom. The molecule has 0 aliphatic carbocycles. The Balaban J connectivity index is 1.98. The standard InChI is InChI=1S/C28H31F3N4O4/c1-7-13-38-26(37)34(17-20-12-11-18(2)14-19(20)3)33-25(36)24-23(16-32-35(24)27(4,5)6)39-22-10-8-9-21(15-22)28(29,30)31/h7-12,14-16H,1,13,17H2,2-6H3,(H,33,36). The predicted octanol–water partition coefficient (Wildman–Crippen LogP) is 6.54. The van der Waals surface area contributed by atoms with Gasteiger partial charge in [-0.1, -0.05) is 42.5 Å². The molecule has 0 atom stereocenters. The predicted molar refractivity (Wildman–Crippen MR) is 139 cm³/mol. The van der Waals surface area contributed by atoms with E-state index in [4.69, 9.17) is 9.47 Å². The van der Waals surface area contributed by atoms with Gasteiger partial charge in [0.1, 0.15) is 12.4 Å². The monoisotopic (exact) mass is 544 g/mol. The van der Waals surface area contributed by atoms with Gasteiger partial charge in [-0.15, -0.1) is 0 Å². The number of rotatable bonds is 7. The summed E-state index contributed by atoms with van der Waals surface area (Å²) in [4.78, 5) is 26.5.